The van der Waals surface area contributed by atoms with Crippen LogP contribution in [0.2, 0.25) is 10.0 Å². The van der Waals surface area contributed by atoms with Crippen LogP contribution >= 0.6 is 35.0 Å². The van der Waals surface area contributed by atoms with E-state index >= 15 is 0 Å². The van der Waals surface area contributed by atoms with Crippen molar-refractivity contribution in [3.05, 3.63) is 27.7 Å². The summed E-state index contributed by atoms with van der Waals surface area (Å²) in [7, 11) is 0. The Morgan fingerprint density at radius 3 is 2.35 bits per heavy atom. The van der Waals surface area contributed by atoms with Gasteiger partial charge in [-0.15, -0.1) is 0 Å². The summed E-state index contributed by atoms with van der Waals surface area (Å²) in [5, 5.41) is 3.28. The number of nitrogens with zero attached hydrogens (tertiary/aromatic N) is 1. The number of aldehydes is 1. The number of hydrogen-bond donors (Lipinski definition) is 1. The maximum Gasteiger partial charge on any atom is 0.416 e. The summed E-state index contributed by atoms with van der Waals surface area (Å²) in [6, 6.07) is 1.47. The van der Waals surface area contributed by atoms with Gasteiger partial charge in [-0.2, -0.15) is 30.0 Å². The molecule has 0 aliphatic rings. The van der Waals surface area contributed by atoms with Gasteiger partial charge < -0.3 is 0 Å². The smallest absolute Gasteiger partial charge is 0.296 e. The number of benzene rings is 1. The molecule has 1 N–H and O–H groups in total. The van der Waals surface area contributed by atoms with Gasteiger partial charge in [-0.05, 0) is 18.4 Å². The Bertz CT molecular complexity index is 512. The Kier molecular flexibility index (Phi) is 6.16. The minimum absolute atomic E-state index is 0.0155. The number of hydrazone groups is 1. The number of carbonyl (C=O) groups is 1. The van der Waals surface area contributed by atoms with E-state index in [2.05, 4.69) is 10.5 Å². The second-order valence-corrected chi connectivity index (χ2v) is 5.26. The fraction of sp³-hybridized carbons (Fsp3) is 0.273. The summed E-state index contributed by atoms with van der Waals surface area (Å²) >= 11 is 12.8. The molecule has 0 bridgehead atoms. The van der Waals surface area contributed by atoms with Crippen molar-refractivity contribution in [2.45, 2.75) is 6.18 Å². The molecule has 20 heavy (non-hydrogen) atoms. The van der Waals surface area contributed by atoms with Gasteiger partial charge in [-0.25, -0.2) is 0 Å². The Morgan fingerprint density at radius 1 is 1.40 bits per heavy atom. The summed E-state index contributed by atoms with van der Waals surface area (Å²) in [6.07, 6.45) is -2.23. The zero-order valence-corrected chi connectivity index (χ0v) is 12.4. The first-order valence-corrected chi connectivity index (χ1v) is 7.27. The van der Waals surface area contributed by atoms with Crippen molar-refractivity contribution in [2.24, 2.45) is 5.10 Å². The quantitative estimate of drug-likeness (QED) is 0.490. The Hall–Kier alpha value is -0.920. The van der Waals surface area contributed by atoms with Crippen LogP contribution in [0.4, 0.5) is 18.9 Å². The molecule has 0 amide bonds. The number of rotatable bonds is 5. The predicted octanol–water partition coefficient (Wildman–Crippen LogP) is 4.34. The second-order valence-electron chi connectivity index (χ2n) is 3.58. The summed E-state index contributed by atoms with van der Waals surface area (Å²) < 4.78 is 37.6. The molecule has 0 aliphatic carbocycles. The van der Waals surface area contributed by atoms with Crippen molar-refractivity contribution in [2.75, 3.05) is 17.4 Å². The topological polar surface area (TPSA) is 41.5 Å². The molecule has 0 spiro atoms. The van der Waals surface area contributed by atoms with Gasteiger partial charge in [0.15, 0.2) is 6.29 Å². The van der Waals surface area contributed by atoms with Crippen molar-refractivity contribution >= 4 is 52.6 Å². The van der Waals surface area contributed by atoms with Crippen LogP contribution in [0.5, 0.6) is 0 Å². The first-order chi connectivity index (χ1) is 9.29. The van der Waals surface area contributed by atoms with Crippen LogP contribution in [0.3, 0.4) is 0 Å². The highest BCUT2D eigenvalue weighted by molar-refractivity contribution is 7.99. The van der Waals surface area contributed by atoms with E-state index in [1.165, 1.54) is 11.8 Å². The number of thioether (sulfide) groups is 1. The molecule has 3 nitrogen and oxygen atoms in total. The van der Waals surface area contributed by atoms with Gasteiger partial charge in [-0.1, -0.05) is 23.2 Å². The zero-order chi connectivity index (χ0) is 15.3. The first kappa shape index (κ1) is 17.1. The van der Waals surface area contributed by atoms with E-state index in [0.29, 0.717) is 12.0 Å². The van der Waals surface area contributed by atoms with Gasteiger partial charge in [0.05, 0.1) is 21.3 Å². The first-order valence-electron chi connectivity index (χ1n) is 5.12. The molecule has 0 saturated heterocycles. The molecule has 0 aliphatic heterocycles. The molecular weight excluding hydrogens is 336 g/mol. The molecule has 0 unspecified atom stereocenters. The molecule has 9 heteroatoms. The highest BCUT2D eigenvalue weighted by Gasteiger charge is 2.32. The molecular formula is C11H9Cl2F3N2OS. The monoisotopic (exact) mass is 344 g/mol. The lowest BCUT2D eigenvalue weighted by molar-refractivity contribution is -0.137. The second kappa shape index (κ2) is 7.19. The molecule has 110 valence electrons. The van der Waals surface area contributed by atoms with Gasteiger partial charge in [0.1, 0.15) is 5.71 Å². The molecule has 0 aromatic heterocycles. The summed E-state index contributed by atoms with van der Waals surface area (Å²) in [6.45, 7) is 0. The lowest BCUT2D eigenvalue weighted by Crippen LogP contribution is -2.08. The van der Waals surface area contributed by atoms with Crippen LogP contribution in [-0.2, 0) is 11.0 Å². The standard InChI is InChI=1S/C11H9Cl2F3N2OS/c1-20-5-7(4-19)17-18-10-8(12)2-6(3-9(10)13)11(14,15)16/h2-4,18H,5H2,1H3. The van der Waals surface area contributed by atoms with E-state index in [1.807, 2.05) is 0 Å². The van der Waals surface area contributed by atoms with Crippen LogP contribution in [0.15, 0.2) is 17.2 Å². The van der Waals surface area contributed by atoms with Crippen molar-refractivity contribution in [3.63, 3.8) is 0 Å². The Morgan fingerprint density at radius 2 is 1.95 bits per heavy atom. The van der Waals surface area contributed by atoms with E-state index in [0.717, 1.165) is 12.1 Å². The molecule has 0 fully saturated rings. The third kappa shape index (κ3) is 4.57. The van der Waals surface area contributed by atoms with E-state index in [9.17, 15) is 18.0 Å². The number of anilines is 1. The van der Waals surface area contributed by atoms with E-state index in [1.54, 1.807) is 6.26 Å². The molecule has 1 aromatic carbocycles. The van der Waals surface area contributed by atoms with Crippen molar-refractivity contribution in [3.8, 4) is 0 Å². The molecule has 0 heterocycles. The van der Waals surface area contributed by atoms with Gasteiger partial charge in [0.25, 0.3) is 0 Å². The van der Waals surface area contributed by atoms with Gasteiger partial charge in [0, 0.05) is 5.75 Å². The van der Waals surface area contributed by atoms with Crippen molar-refractivity contribution in [1.29, 1.82) is 0 Å². The predicted molar refractivity (Wildman–Crippen MR) is 77.0 cm³/mol. The largest absolute Gasteiger partial charge is 0.416 e. The maximum atomic E-state index is 12.5. The number of carbonyl (C=O) groups excluding carboxylic acids is 1. The third-order valence-electron chi connectivity index (χ3n) is 2.11. The maximum absolute atomic E-state index is 12.5. The normalized spacial score (nSPS) is 12.4. The number of hydrogen-bond acceptors (Lipinski definition) is 4. The minimum atomic E-state index is -4.54. The van der Waals surface area contributed by atoms with Crippen LogP contribution in [0.25, 0.3) is 0 Å². The number of halogens is 5. The minimum Gasteiger partial charge on any atom is -0.296 e. The van der Waals surface area contributed by atoms with Crippen LogP contribution in [-0.4, -0.2) is 24.0 Å². The fourth-order valence-corrected chi connectivity index (χ4v) is 2.21. The molecule has 1 rings (SSSR count). The van der Waals surface area contributed by atoms with E-state index in [4.69, 9.17) is 23.2 Å². The van der Waals surface area contributed by atoms with Crippen molar-refractivity contribution < 1.29 is 18.0 Å². The zero-order valence-electron chi connectivity index (χ0n) is 10.1. The van der Waals surface area contributed by atoms with Crippen LogP contribution in [0.1, 0.15) is 5.56 Å². The molecule has 0 atom stereocenters. The van der Waals surface area contributed by atoms with Gasteiger partial charge in [-0.3, -0.25) is 10.2 Å². The SMILES string of the molecule is CSCC(C=O)=NNc1c(Cl)cc(C(F)(F)F)cc1Cl. The molecule has 0 radical (unpaired) electrons. The average molecular weight is 345 g/mol. The third-order valence-corrected chi connectivity index (χ3v) is 3.29. The lowest BCUT2D eigenvalue weighted by atomic mass is 10.2. The van der Waals surface area contributed by atoms with Gasteiger partial charge >= 0.3 is 6.18 Å². The Labute approximate surface area is 127 Å². The van der Waals surface area contributed by atoms with E-state index in [-0.39, 0.29) is 21.4 Å². The average Bonchev–Trinajstić information content (AvgIpc) is 2.35. The summed E-state index contributed by atoms with van der Waals surface area (Å²) in [4.78, 5) is 10.7. The van der Waals surface area contributed by atoms with E-state index < -0.39 is 11.7 Å². The Balaban J connectivity index is 3.06. The van der Waals surface area contributed by atoms with Crippen LogP contribution < -0.4 is 5.43 Å². The molecule has 0 saturated carbocycles. The van der Waals surface area contributed by atoms with Crippen LogP contribution in [0, 0.1) is 0 Å². The summed E-state index contributed by atoms with van der Waals surface area (Å²) in [5.74, 6) is 0.354. The number of alkyl halides is 3. The van der Waals surface area contributed by atoms with Gasteiger partial charge in [0.2, 0.25) is 0 Å². The number of nitrogens with one attached hydrogen (secondary N) is 1. The summed E-state index contributed by atoms with van der Waals surface area (Å²) in [5.41, 5.74) is 1.65. The molecule has 1 aromatic rings. The fourth-order valence-electron chi connectivity index (χ4n) is 1.21. The highest BCUT2D eigenvalue weighted by Crippen LogP contribution is 2.38. The highest BCUT2D eigenvalue weighted by atomic mass is 35.5. The van der Waals surface area contributed by atoms with Crippen molar-refractivity contribution in [1.82, 2.24) is 0 Å². The lowest BCUT2D eigenvalue weighted by Gasteiger charge is -2.12.